The third-order valence-corrected chi connectivity index (χ3v) is 10.3. The Morgan fingerprint density at radius 3 is 1.52 bits per heavy atom. The molecule has 0 aromatic heterocycles. The number of carbonyl (C=O) groups is 2. The van der Waals surface area contributed by atoms with Crippen molar-refractivity contribution in [1.29, 1.82) is 0 Å². The fraction of sp³-hybridized carbons (Fsp3) is 0.103. The molecular formula is C29H26O3P+. The molecule has 0 aliphatic heterocycles. The van der Waals surface area contributed by atoms with E-state index in [4.69, 9.17) is 4.74 Å². The number of methoxy groups -OCH3 is 1. The third kappa shape index (κ3) is 4.51. The molecule has 0 aliphatic rings. The van der Waals surface area contributed by atoms with Gasteiger partial charge in [0.25, 0.3) is 0 Å². The van der Waals surface area contributed by atoms with Crippen molar-refractivity contribution >= 4 is 34.9 Å². The van der Waals surface area contributed by atoms with Crippen molar-refractivity contribution in [2.45, 2.75) is 13.1 Å². The summed E-state index contributed by atoms with van der Waals surface area (Å²) in [6.07, 6.45) is 0.729. The highest BCUT2D eigenvalue weighted by molar-refractivity contribution is 7.95. The minimum atomic E-state index is -2.10. The number of esters is 1. The van der Waals surface area contributed by atoms with E-state index in [1.165, 1.54) is 29.9 Å². The maximum Gasteiger partial charge on any atom is 0.338 e. The monoisotopic (exact) mass is 453 g/mol. The van der Waals surface area contributed by atoms with Crippen LogP contribution in [0, 0.1) is 0 Å². The van der Waals surface area contributed by atoms with Gasteiger partial charge in [-0.15, -0.1) is 0 Å². The molecule has 3 nitrogen and oxygen atoms in total. The van der Waals surface area contributed by atoms with Crippen molar-refractivity contribution in [2.24, 2.45) is 0 Å². The SMILES string of the molecule is COC(=O)c1ccc(C[P+](c2ccccc2)(c2ccccc2)c2ccccc2)cc1C(C)=O. The van der Waals surface area contributed by atoms with Crippen molar-refractivity contribution in [1.82, 2.24) is 0 Å². The predicted octanol–water partition coefficient (Wildman–Crippen LogP) is 5.17. The molecule has 4 aromatic carbocycles. The summed E-state index contributed by atoms with van der Waals surface area (Å²) in [7, 11) is -0.768. The zero-order valence-electron chi connectivity index (χ0n) is 18.8. The van der Waals surface area contributed by atoms with Crippen LogP contribution in [-0.2, 0) is 10.9 Å². The topological polar surface area (TPSA) is 43.4 Å². The van der Waals surface area contributed by atoms with Gasteiger partial charge in [-0.25, -0.2) is 4.79 Å². The zero-order chi connectivity index (χ0) is 23.3. The van der Waals surface area contributed by atoms with Gasteiger partial charge in [0.15, 0.2) is 5.78 Å². The standard InChI is InChI=1S/C29H26O3P/c1-22(30)28-20-23(18-19-27(28)29(31)32-2)21-33(24-12-6-3-7-13-24,25-14-8-4-9-15-25)26-16-10-5-11-17-26/h3-20H,21H2,1-2H3/q+1. The summed E-state index contributed by atoms with van der Waals surface area (Å²) in [4.78, 5) is 24.6. The molecule has 0 atom stereocenters. The van der Waals surface area contributed by atoms with Crippen LogP contribution in [-0.4, -0.2) is 18.9 Å². The lowest BCUT2D eigenvalue weighted by Crippen LogP contribution is -2.32. The molecule has 4 rings (SSSR count). The number of carbonyl (C=O) groups excluding carboxylic acids is 2. The van der Waals surface area contributed by atoms with Gasteiger partial charge in [-0.2, -0.15) is 0 Å². The van der Waals surface area contributed by atoms with Crippen LogP contribution in [0.3, 0.4) is 0 Å². The van der Waals surface area contributed by atoms with Crippen LogP contribution in [0.4, 0.5) is 0 Å². The summed E-state index contributed by atoms with van der Waals surface area (Å²) < 4.78 is 4.89. The molecule has 0 unspecified atom stereocenters. The molecule has 0 aliphatic carbocycles. The normalized spacial score (nSPS) is 11.1. The predicted molar refractivity (Wildman–Crippen MR) is 137 cm³/mol. The van der Waals surface area contributed by atoms with E-state index in [1.807, 2.05) is 30.3 Å². The quantitative estimate of drug-likeness (QED) is 0.220. The van der Waals surface area contributed by atoms with Crippen LogP contribution in [0.5, 0.6) is 0 Å². The van der Waals surface area contributed by atoms with Crippen LogP contribution in [0.1, 0.15) is 33.2 Å². The lowest BCUT2D eigenvalue weighted by Gasteiger charge is -2.28. The lowest BCUT2D eigenvalue weighted by molar-refractivity contribution is 0.0597. The summed E-state index contributed by atoms with van der Waals surface area (Å²) in [6, 6.07) is 37.3. The molecule has 33 heavy (non-hydrogen) atoms. The van der Waals surface area contributed by atoms with Gasteiger partial charge in [-0.3, -0.25) is 4.79 Å². The Morgan fingerprint density at radius 1 is 0.667 bits per heavy atom. The van der Waals surface area contributed by atoms with Crippen molar-refractivity contribution in [3.05, 3.63) is 126 Å². The molecule has 4 heteroatoms. The molecule has 0 fully saturated rings. The first-order valence-electron chi connectivity index (χ1n) is 10.8. The van der Waals surface area contributed by atoms with Gasteiger partial charge in [0.2, 0.25) is 0 Å². The molecule has 0 spiro atoms. The Kier molecular flexibility index (Phi) is 6.82. The zero-order valence-corrected chi connectivity index (χ0v) is 19.7. The minimum Gasteiger partial charge on any atom is -0.465 e. The van der Waals surface area contributed by atoms with Crippen LogP contribution in [0.15, 0.2) is 109 Å². The first-order chi connectivity index (χ1) is 16.1. The summed E-state index contributed by atoms with van der Waals surface area (Å²) >= 11 is 0. The first-order valence-corrected chi connectivity index (χ1v) is 12.8. The number of rotatable bonds is 7. The average molecular weight is 453 g/mol. The van der Waals surface area contributed by atoms with E-state index in [0.29, 0.717) is 11.1 Å². The molecule has 0 saturated heterocycles. The highest BCUT2D eigenvalue weighted by atomic mass is 31.2. The Balaban J connectivity index is 1.96. The second-order valence-electron chi connectivity index (χ2n) is 7.90. The van der Waals surface area contributed by atoms with Crippen molar-refractivity contribution in [3.8, 4) is 0 Å². The van der Waals surface area contributed by atoms with E-state index in [0.717, 1.165) is 11.7 Å². The Labute approximate surface area is 195 Å². The second kappa shape index (κ2) is 9.94. The first kappa shape index (κ1) is 22.6. The van der Waals surface area contributed by atoms with Crippen LogP contribution < -0.4 is 15.9 Å². The Hall–Kier alpha value is -3.55. The number of ether oxygens (including phenoxy) is 1. The molecule has 4 aromatic rings. The fourth-order valence-corrected chi connectivity index (χ4v) is 8.54. The molecule has 0 heterocycles. The highest BCUT2D eigenvalue weighted by Crippen LogP contribution is 2.58. The smallest absolute Gasteiger partial charge is 0.338 e. The molecule has 0 saturated carbocycles. The summed E-state index contributed by atoms with van der Waals surface area (Å²) in [5, 5.41) is 3.80. The van der Waals surface area contributed by atoms with Crippen molar-refractivity contribution in [3.63, 3.8) is 0 Å². The van der Waals surface area contributed by atoms with Crippen molar-refractivity contribution < 1.29 is 14.3 Å². The van der Waals surface area contributed by atoms with Crippen LogP contribution >= 0.6 is 7.26 Å². The Morgan fingerprint density at radius 2 is 1.12 bits per heavy atom. The maximum atomic E-state index is 12.4. The second-order valence-corrected chi connectivity index (χ2v) is 11.4. The number of Topliss-reactive ketones (excluding diaryl/α,β-unsaturated/α-hetero) is 1. The number of ketones is 1. The highest BCUT2D eigenvalue weighted by Gasteiger charge is 2.45. The van der Waals surface area contributed by atoms with Gasteiger partial charge in [0.05, 0.1) is 18.8 Å². The van der Waals surface area contributed by atoms with E-state index in [9.17, 15) is 9.59 Å². The van der Waals surface area contributed by atoms with Gasteiger partial charge in [0.1, 0.15) is 23.2 Å². The number of benzene rings is 4. The molecule has 0 radical (unpaired) electrons. The summed E-state index contributed by atoms with van der Waals surface area (Å²) in [6.45, 7) is 1.49. The molecule has 0 amide bonds. The van der Waals surface area contributed by atoms with Crippen molar-refractivity contribution in [2.75, 3.05) is 7.11 Å². The largest absolute Gasteiger partial charge is 0.465 e. The van der Waals surface area contributed by atoms with Crippen LogP contribution in [0.25, 0.3) is 0 Å². The van der Waals surface area contributed by atoms with Gasteiger partial charge in [-0.05, 0) is 61.0 Å². The lowest BCUT2D eigenvalue weighted by atomic mass is 10.0. The van der Waals surface area contributed by atoms with E-state index in [-0.39, 0.29) is 5.78 Å². The molecule has 0 N–H and O–H groups in total. The van der Waals surface area contributed by atoms with Gasteiger partial charge in [-0.1, -0.05) is 60.7 Å². The Bertz CT molecular complexity index is 1160. The third-order valence-electron chi connectivity index (χ3n) is 5.88. The minimum absolute atomic E-state index is 0.152. The van der Waals surface area contributed by atoms with Gasteiger partial charge >= 0.3 is 5.97 Å². The van der Waals surface area contributed by atoms with E-state index in [1.54, 1.807) is 6.07 Å². The molecule has 0 bridgehead atoms. The van der Waals surface area contributed by atoms with E-state index < -0.39 is 13.2 Å². The van der Waals surface area contributed by atoms with Gasteiger partial charge in [0, 0.05) is 5.56 Å². The molecule has 164 valence electrons. The van der Waals surface area contributed by atoms with Crippen LogP contribution in [0.2, 0.25) is 0 Å². The summed E-state index contributed by atoms with van der Waals surface area (Å²) in [5.41, 5.74) is 1.71. The van der Waals surface area contributed by atoms with Gasteiger partial charge < -0.3 is 4.74 Å². The van der Waals surface area contributed by atoms with E-state index >= 15 is 0 Å². The molecular weight excluding hydrogens is 427 g/mol. The average Bonchev–Trinajstić information content (AvgIpc) is 2.88. The summed E-state index contributed by atoms with van der Waals surface area (Å²) in [5.74, 6) is -0.651. The maximum absolute atomic E-state index is 12.4. The van der Waals surface area contributed by atoms with E-state index in [2.05, 4.69) is 72.8 Å². The number of hydrogen-bond acceptors (Lipinski definition) is 3. The fourth-order valence-electron chi connectivity index (χ4n) is 4.31. The number of hydrogen-bond donors (Lipinski definition) is 0.